The molecule has 0 fully saturated rings. The zero-order chi connectivity index (χ0) is 13.5. The lowest BCUT2D eigenvalue weighted by Gasteiger charge is -2.09. The molecule has 0 aromatic heterocycles. The second-order valence-corrected chi connectivity index (χ2v) is 3.34. The minimum absolute atomic E-state index is 0.271. The number of anilines is 1. The Labute approximate surface area is 104 Å². The number of rotatable bonds is 4. The van der Waals surface area contributed by atoms with E-state index in [1.165, 1.54) is 13.1 Å². The van der Waals surface area contributed by atoms with Gasteiger partial charge in [-0.2, -0.15) is 5.01 Å². The Balaban J connectivity index is 2.79. The van der Waals surface area contributed by atoms with E-state index >= 15 is 0 Å². The minimum Gasteiger partial charge on any atom is -0.462 e. The first-order valence-corrected chi connectivity index (χ1v) is 5.23. The quantitative estimate of drug-likeness (QED) is 0.503. The lowest BCUT2D eigenvalue weighted by molar-refractivity contribution is 0.0526. The van der Waals surface area contributed by atoms with Crippen LogP contribution in [0.4, 0.5) is 10.5 Å². The largest absolute Gasteiger partial charge is 0.462 e. The summed E-state index contributed by atoms with van der Waals surface area (Å²) >= 11 is 0. The van der Waals surface area contributed by atoms with Gasteiger partial charge in [-0.1, -0.05) is 6.07 Å². The van der Waals surface area contributed by atoms with Gasteiger partial charge in [-0.15, -0.1) is 4.91 Å². The van der Waals surface area contributed by atoms with Crippen LogP contribution in [-0.4, -0.2) is 30.7 Å². The van der Waals surface area contributed by atoms with Crippen molar-refractivity contribution in [2.24, 2.45) is 5.29 Å². The van der Waals surface area contributed by atoms with Gasteiger partial charge in [0.15, 0.2) is 0 Å². The Hall–Kier alpha value is -2.44. The van der Waals surface area contributed by atoms with Crippen LogP contribution in [0.3, 0.4) is 0 Å². The summed E-state index contributed by atoms with van der Waals surface area (Å²) in [6, 6.07) is 5.50. The highest BCUT2D eigenvalue weighted by Crippen LogP contribution is 2.12. The van der Waals surface area contributed by atoms with E-state index in [0.717, 1.165) is 0 Å². The monoisotopic (exact) mass is 251 g/mol. The fourth-order valence-corrected chi connectivity index (χ4v) is 1.18. The summed E-state index contributed by atoms with van der Waals surface area (Å²) in [5.74, 6) is -0.476. The molecule has 0 bridgehead atoms. The van der Waals surface area contributed by atoms with Crippen molar-refractivity contribution in [3.05, 3.63) is 34.7 Å². The number of benzene rings is 1. The first kappa shape index (κ1) is 13.6. The van der Waals surface area contributed by atoms with Crippen molar-refractivity contribution < 1.29 is 14.3 Å². The number of amides is 2. The predicted molar refractivity (Wildman–Crippen MR) is 65.0 cm³/mol. The summed E-state index contributed by atoms with van der Waals surface area (Å²) in [5.41, 5.74) is 0.692. The molecule has 1 rings (SSSR count). The third kappa shape index (κ3) is 3.55. The van der Waals surface area contributed by atoms with Crippen LogP contribution >= 0.6 is 0 Å². The molecular weight excluding hydrogens is 238 g/mol. The van der Waals surface area contributed by atoms with Gasteiger partial charge in [0.1, 0.15) is 0 Å². The van der Waals surface area contributed by atoms with E-state index < -0.39 is 12.0 Å². The Kier molecular flexibility index (Phi) is 4.79. The van der Waals surface area contributed by atoms with Crippen molar-refractivity contribution in [3.63, 3.8) is 0 Å². The highest BCUT2D eigenvalue weighted by molar-refractivity contribution is 5.93. The van der Waals surface area contributed by atoms with Crippen LogP contribution in [0.25, 0.3) is 0 Å². The van der Waals surface area contributed by atoms with E-state index in [0.29, 0.717) is 16.3 Å². The highest BCUT2D eigenvalue weighted by atomic mass is 16.5. The van der Waals surface area contributed by atoms with Gasteiger partial charge in [0, 0.05) is 12.7 Å². The summed E-state index contributed by atoms with van der Waals surface area (Å²) in [5, 5.41) is 5.47. The topological polar surface area (TPSA) is 88.1 Å². The number of esters is 1. The molecule has 96 valence electrons. The van der Waals surface area contributed by atoms with Crippen LogP contribution in [0.1, 0.15) is 17.3 Å². The smallest absolute Gasteiger partial charge is 0.344 e. The van der Waals surface area contributed by atoms with E-state index in [1.54, 1.807) is 25.1 Å². The van der Waals surface area contributed by atoms with Crippen LogP contribution in [-0.2, 0) is 4.74 Å². The van der Waals surface area contributed by atoms with Crippen LogP contribution in [0, 0.1) is 4.91 Å². The molecule has 2 amide bonds. The number of nitroso groups, excluding NO2 is 1. The first-order chi connectivity index (χ1) is 8.58. The molecule has 7 heteroatoms. The summed E-state index contributed by atoms with van der Waals surface area (Å²) in [4.78, 5) is 33.0. The van der Waals surface area contributed by atoms with Crippen LogP contribution in [0.15, 0.2) is 29.6 Å². The standard InChI is InChI=1S/C11H13N3O4/c1-3-18-10(15)8-5-4-6-9(7-8)12-11(16)14(2)13-17/h4-7H,3H2,1-2H3,(H,12,16). The average Bonchev–Trinajstić information content (AvgIpc) is 2.38. The van der Waals surface area contributed by atoms with Crippen LogP contribution < -0.4 is 5.32 Å². The van der Waals surface area contributed by atoms with Gasteiger partial charge in [0.05, 0.1) is 17.5 Å². The summed E-state index contributed by atoms with van der Waals surface area (Å²) in [7, 11) is 1.22. The molecule has 0 radical (unpaired) electrons. The highest BCUT2D eigenvalue weighted by Gasteiger charge is 2.11. The Morgan fingerprint density at radius 2 is 2.17 bits per heavy atom. The normalized spacial score (nSPS) is 9.44. The molecule has 0 aliphatic rings. The molecular formula is C11H13N3O4. The van der Waals surface area contributed by atoms with Crippen molar-refractivity contribution >= 4 is 17.7 Å². The van der Waals surface area contributed by atoms with Gasteiger partial charge in [0.25, 0.3) is 0 Å². The number of urea groups is 1. The van der Waals surface area contributed by atoms with E-state index in [-0.39, 0.29) is 6.61 Å². The average molecular weight is 251 g/mol. The van der Waals surface area contributed by atoms with Crippen molar-refractivity contribution in [1.29, 1.82) is 0 Å². The molecule has 0 aliphatic carbocycles. The van der Waals surface area contributed by atoms with Crippen LogP contribution in [0.2, 0.25) is 0 Å². The molecule has 1 aromatic rings. The van der Waals surface area contributed by atoms with Gasteiger partial charge in [-0.25, -0.2) is 9.59 Å². The van der Waals surface area contributed by atoms with Crippen molar-refractivity contribution in [1.82, 2.24) is 5.01 Å². The number of hydrogen-bond donors (Lipinski definition) is 1. The third-order valence-electron chi connectivity index (χ3n) is 2.04. The van der Waals surface area contributed by atoms with E-state index in [4.69, 9.17) is 4.74 Å². The molecule has 7 nitrogen and oxygen atoms in total. The maximum absolute atomic E-state index is 11.5. The molecule has 0 saturated heterocycles. The molecule has 0 unspecified atom stereocenters. The van der Waals surface area contributed by atoms with Gasteiger partial charge in [0.2, 0.25) is 0 Å². The number of carbonyl (C=O) groups is 2. The molecule has 1 N–H and O–H groups in total. The SMILES string of the molecule is CCOC(=O)c1cccc(NC(=O)N(C)N=O)c1. The van der Waals surface area contributed by atoms with Gasteiger partial charge < -0.3 is 10.1 Å². The molecule has 0 saturated carbocycles. The Morgan fingerprint density at radius 1 is 1.44 bits per heavy atom. The zero-order valence-electron chi connectivity index (χ0n) is 10.0. The molecule has 1 aromatic carbocycles. The maximum Gasteiger partial charge on any atom is 0.344 e. The van der Waals surface area contributed by atoms with Crippen molar-refractivity contribution in [3.8, 4) is 0 Å². The van der Waals surface area contributed by atoms with Gasteiger partial charge in [-0.3, -0.25) is 0 Å². The zero-order valence-corrected chi connectivity index (χ0v) is 10.0. The van der Waals surface area contributed by atoms with E-state index in [2.05, 4.69) is 10.6 Å². The van der Waals surface area contributed by atoms with Crippen LogP contribution in [0.5, 0.6) is 0 Å². The predicted octanol–water partition coefficient (Wildman–Crippen LogP) is 2.01. The van der Waals surface area contributed by atoms with Crippen molar-refractivity contribution in [2.75, 3.05) is 19.0 Å². The van der Waals surface area contributed by atoms with Crippen molar-refractivity contribution in [2.45, 2.75) is 6.92 Å². The second kappa shape index (κ2) is 6.33. The number of hydrogen-bond acceptors (Lipinski definition) is 5. The van der Waals surface area contributed by atoms with E-state index in [1.807, 2.05) is 0 Å². The number of ether oxygens (including phenoxy) is 1. The minimum atomic E-state index is -0.689. The van der Waals surface area contributed by atoms with E-state index in [9.17, 15) is 14.5 Å². The fourth-order valence-electron chi connectivity index (χ4n) is 1.18. The first-order valence-electron chi connectivity index (χ1n) is 5.23. The Morgan fingerprint density at radius 3 is 2.78 bits per heavy atom. The number of nitrogens with one attached hydrogen (secondary N) is 1. The summed E-state index contributed by atoms with van der Waals surface area (Å²) in [6.07, 6.45) is 0. The molecule has 0 atom stereocenters. The molecule has 0 aliphatic heterocycles. The summed E-state index contributed by atoms with van der Waals surface area (Å²) in [6.45, 7) is 1.97. The van der Waals surface area contributed by atoms with Gasteiger partial charge >= 0.3 is 12.0 Å². The fraction of sp³-hybridized carbons (Fsp3) is 0.273. The molecule has 0 spiro atoms. The van der Waals surface area contributed by atoms with Gasteiger partial charge in [-0.05, 0) is 25.1 Å². The third-order valence-corrected chi connectivity index (χ3v) is 2.04. The Bertz CT molecular complexity index is 461. The lowest BCUT2D eigenvalue weighted by Crippen LogP contribution is -2.26. The maximum atomic E-state index is 11.5. The molecule has 0 heterocycles. The number of nitrogens with zero attached hydrogens (tertiary/aromatic N) is 2. The lowest BCUT2D eigenvalue weighted by atomic mass is 10.2. The second-order valence-electron chi connectivity index (χ2n) is 3.34. The number of carbonyl (C=O) groups excluding carboxylic acids is 2. The molecule has 18 heavy (non-hydrogen) atoms. The summed E-state index contributed by atoms with van der Waals surface area (Å²) < 4.78 is 4.83.